The van der Waals surface area contributed by atoms with Crippen molar-refractivity contribution in [3.05, 3.63) is 24.3 Å². The van der Waals surface area contributed by atoms with Crippen LogP contribution in [0.4, 0.5) is 11.4 Å². The first-order valence-electron chi connectivity index (χ1n) is 9.18. The predicted octanol–water partition coefficient (Wildman–Crippen LogP) is 8.09. The molecule has 0 bridgehead atoms. The Bertz CT molecular complexity index is 816. The van der Waals surface area contributed by atoms with E-state index in [-0.39, 0.29) is 0 Å². The van der Waals surface area contributed by atoms with Gasteiger partial charge in [-0.15, -0.1) is 0 Å². The van der Waals surface area contributed by atoms with Crippen molar-refractivity contribution >= 4 is 77.9 Å². The Hall–Kier alpha value is -0.560. The Labute approximate surface area is 172 Å². The van der Waals surface area contributed by atoms with Crippen molar-refractivity contribution in [1.29, 1.82) is 0 Å². The van der Waals surface area contributed by atoms with Crippen molar-refractivity contribution in [2.45, 2.75) is 49.3 Å². The van der Waals surface area contributed by atoms with Gasteiger partial charge in [-0.2, -0.15) is 0 Å². The lowest BCUT2D eigenvalue weighted by atomic mass is 10.1. The van der Waals surface area contributed by atoms with Gasteiger partial charge in [-0.3, -0.25) is 0 Å². The first kappa shape index (κ1) is 18.8. The molecule has 2 aromatic rings. The predicted molar refractivity (Wildman–Crippen MR) is 125 cm³/mol. The summed E-state index contributed by atoms with van der Waals surface area (Å²) < 4.78 is 2.36. The van der Waals surface area contributed by atoms with Crippen LogP contribution in [0.2, 0.25) is 0 Å². The molecule has 2 nitrogen and oxygen atoms in total. The summed E-state index contributed by atoms with van der Waals surface area (Å²) in [5.41, 5.74) is 2.22. The summed E-state index contributed by atoms with van der Waals surface area (Å²) >= 11 is 7.41. The van der Waals surface area contributed by atoms with Crippen LogP contribution in [0.15, 0.2) is 44.0 Å². The van der Waals surface area contributed by atoms with Crippen molar-refractivity contribution in [1.82, 2.24) is 0 Å². The molecule has 0 atom stereocenters. The summed E-state index contributed by atoms with van der Waals surface area (Å²) in [6, 6.07) is 8.85. The Morgan fingerprint density at radius 2 is 1.19 bits per heavy atom. The maximum atomic E-state index is 4.94. The molecule has 136 valence electrons. The molecule has 0 amide bonds. The van der Waals surface area contributed by atoms with E-state index in [9.17, 15) is 0 Å². The third-order valence-corrected chi connectivity index (χ3v) is 8.83. The van der Waals surface area contributed by atoms with Crippen LogP contribution in [0.3, 0.4) is 0 Å². The van der Waals surface area contributed by atoms with E-state index >= 15 is 0 Å². The quantitative estimate of drug-likeness (QED) is 0.442. The van der Waals surface area contributed by atoms with Gasteiger partial charge < -0.3 is 0 Å². The van der Waals surface area contributed by atoms with Gasteiger partial charge >= 0.3 is 0 Å². The van der Waals surface area contributed by atoms with Crippen molar-refractivity contribution < 1.29 is 0 Å². The standard InChI is InChI=1S/C20H22N2S4/c1-3-5-11-23-19-21-13-7-10-16-18-14(8-9-15(25-19)17(13)18)22-20(26-16)24-12-6-4-2/h7-10H,3-6,11-12H2,1-2H3. The molecule has 0 aromatic heterocycles. The number of hydrogen-bond acceptors (Lipinski definition) is 6. The molecule has 0 saturated heterocycles. The monoisotopic (exact) mass is 418 g/mol. The smallest absolute Gasteiger partial charge is 0.135 e. The molecule has 0 fully saturated rings. The van der Waals surface area contributed by atoms with E-state index in [2.05, 4.69) is 38.1 Å². The molecule has 4 rings (SSSR count). The van der Waals surface area contributed by atoms with Crippen LogP contribution < -0.4 is 0 Å². The van der Waals surface area contributed by atoms with Crippen molar-refractivity contribution in [3.8, 4) is 0 Å². The fraction of sp³-hybridized carbons (Fsp3) is 0.400. The molecule has 2 aliphatic rings. The zero-order valence-corrected chi connectivity index (χ0v) is 18.3. The second-order valence-corrected chi connectivity index (χ2v) is 11.0. The van der Waals surface area contributed by atoms with Crippen molar-refractivity contribution in [2.24, 2.45) is 9.98 Å². The Morgan fingerprint density at radius 3 is 1.62 bits per heavy atom. The number of rotatable bonds is 6. The highest BCUT2D eigenvalue weighted by molar-refractivity contribution is 8.39. The molecule has 2 aromatic carbocycles. The number of thioether (sulfide) groups is 4. The molecule has 26 heavy (non-hydrogen) atoms. The second-order valence-electron chi connectivity index (χ2n) is 6.28. The fourth-order valence-corrected chi connectivity index (χ4v) is 7.52. The summed E-state index contributed by atoms with van der Waals surface area (Å²) in [6.07, 6.45) is 4.96. The van der Waals surface area contributed by atoms with Gasteiger partial charge in [0.25, 0.3) is 0 Å². The summed E-state index contributed by atoms with van der Waals surface area (Å²) in [6.45, 7) is 4.47. The highest BCUT2D eigenvalue weighted by Crippen LogP contribution is 2.51. The number of unbranched alkanes of at least 4 members (excludes halogenated alkanes) is 2. The summed E-state index contributed by atoms with van der Waals surface area (Å²) in [7, 11) is 0. The Morgan fingerprint density at radius 1 is 0.731 bits per heavy atom. The number of hydrogen-bond donors (Lipinski definition) is 0. The van der Waals surface area contributed by atoms with E-state index in [1.54, 1.807) is 0 Å². The summed E-state index contributed by atoms with van der Waals surface area (Å²) in [5, 5.41) is 2.58. The van der Waals surface area contributed by atoms with E-state index in [1.807, 2.05) is 47.0 Å². The van der Waals surface area contributed by atoms with Gasteiger partial charge in [0.05, 0.1) is 11.4 Å². The van der Waals surface area contributed by atoms with E-state index in [4.69, 9.17) is 9.98 Å². The first-order valence-corrected chi connectivity index (χ1v) is 12.8. The molecule has 0 N–H and O–H groups in total. The van der Waals surface area contributed by atoms with Crippen LogP contribution in [-0.4, -0.2) is 20.3 Å². The molecule has 0 spiro atoms. The van der Waals surface area contributed by atoms with E-state index in [1.165, 1.54) is 55.0 Å². The molecule has 0 aliphatic carbocycles. The fourth-order valence-electron chi connectivity index (χ4n) is 2.92. The van der Waals surface area contributed by atoms with Crippen LogP contribution in [0, 0.1) is 0 Å². The van der Waals surface area contributed by atoms with Crippen LogP contribution in [-0.2, 0) is 0 Å². The number of nitrogens with zero attached hydrogens (tertiary/aromatic N) is 2. The van der Waals surface area contributed by atoms with Gasteiger partial charge in [-0.05, 0) is 37.1 Å². The SMILES string of the molecule is CCCCSC1=Nc2ccc3c4c(ccc(c24)S1)N=C(SCCCC)S3. The minimum atomic E-state index is 1.11. The van der Waals surface area contributed by atoms with Crippen LogP contribution in [0.25, 0.3) is 10.8 Å². The molecule has 0 radical (unpaired) electrons. The largest absolute Gasteiger partial charge is 0.234 e. The van der Waals surface area contributed by atoms with Crippen molar-refractivity contribution in [3.63, 3.8) is 0 Å². The average molecular weight is 419 g/mol. The lowest BCUT2D eigenvalue weighted by molar-refractivity contribution is 0.898. The number of aliphatic imine (C=N–C) groups is 2. The van der Waals surface area contributed by atoms with Gasteiger partial charge in [0.15, 0.2) is 0 Å². The Balaban J connectivity index is 1.67. The van der Waals surface area contributed by atoms with E-state index in [0.717, 1.165) is 22.9 Å². The third-order valence-electron chi connectivity index (χ3n) is 4.31. The lowest BCUT2D eigenvalue weighted by Crippen LogP contribution is -1.99. The van der Waals surface area contributed by atoms with Gasteiger partial charge in [0.1, 0.15) is 8.75 Å². The second kappa shape index (κ2) is 8.63. The number of benzene rings is 2. The van der Waals surface area contributed by atoms with Gasteiger partial charge in [0, 0.05) is 32.1 Å². The normalized spacial score (nSPS) is 15.2. The van der Waals surface area contributed by atoms with E-state index < -0.39 is 0 Å². The molecular weight excluding hydrogens is 397 g/mol. The molecule has 6 heteroatoms. The summed E-state index contributed by atoms with van der Waals surface area (Å²) in [5.74, 6) is 2.30. The zero-order valence-electron chi connectivity index (χ0n) is 15.1. The van der Waals surface area contributed by atoms with Crippen LogP contribution >= 0.6 is 47.0 Å². The van der Waals surface area contributed by atoms with Gasteiger partial charge in [-0.1, -0.05) is 73.7 Å². The Kier molecular flexibility index (Phi) is 6.24. The topological polar surface area (TPSA) is 24.7 Å². The third kappa shape index (κ3) is 3.84. The maximum absolute atomic E-state index is 4.94. The minimum Gasteiger partial charge on any atom is -0.234 e. The van der Waals surface area contributed by atoms with Gasteiger partial charge in [-0.25, -0.2) is 9.98 Å². The average Bonchev–Trinajstić information content (AvgIpc) is 2.66. The van der Waals surface area contributed by atoms with Crippen LogP contribution in [0.1, 0.15) is 39.5 Å². The zero-order chi connectivity index (χ0) is 17.9. The molecule has 2 heterocycles. The highest BCUT2D eigenvalue weighted by atomic mass is 32.2. The lowest BCUT2D eigenvalue weighted by Gasteiger charge is -2.21. The first-order chi connectivity index (χ1) is 12.8. The molecule has 0 unspecified atom stereocenters. The maximum Gasteiger partial charge on any atom is 0.135 e. The minimum absolute atomic E-state index is 1.11. The summed E-state index contributed by atoms with van der Waals surface area (Å²) in [4.78, 5) is 12.5. The molecule has 0 saturated carbocycles. The van der Waals surface area contributed by atoms with Crippen LogP contribution in [0.5, 0.6) is 0 Å². The van der Waals surface area contributed by atoms with E-state index in [0.29, 0.717) is 0 Å². The van der Waals surface area contributed by atoms with Gasteiger partial charge in [0.2, 0.25) is 0 Å². The van der Waals surface area contributed by atoms with Crippen molar-refractivity contribution in [2.75, 3.05) is 11.5 Å². The highest BCUT2D eigenvalue weighted by Gasteiger charge is 2.23. The molecule has 2 aliphatic heterocycles. The molecular formula is C20H22N2S4.